The van der Waals surface area contributed by atoms with Gasteiger partial charge in [-0.05, 0) is 86.5 Å². The number of ether oxygens (including phenoxy) is 2. The van der Waals surface area contributed by atoms with Crippen LogP contribution < -0.4 is 9.47 Å². The molecule has 0 unspecified atom stereocenters. The average Bonchev–Trinajstić information content (AvgIpc) is 3.68. The van der Waals surface area contributed by atoms with Gasteiger partial charge in [-0.2, -0.15) is 0 Å². The number of benzene rings is 9. The Morgan fingerprint density at radius 3 is 1.33 bits per heavy atom. The third-order valence-corrected chi connectivity index (χ3v) is 12.3. The minimum atomic E-state index is -0.549. The summed E-state index contributed by atoms with van der Waals surface area (Å²) in [6, 6.07) is 77.8. The second-order valence-electron chi connectivity index (χ2n) is 15.9. The lowest BCUT2D eigenvalue weighted by atomic mass is 9.68. The van der Waals surface area contributed by atoms with E-state index in [1.54, 1.807) is 0 Å². The smallest absolute Gasteiger partial charge is 0.178 e. The average molecular weight is 808 g/mol. The van der Waals surface area contributed by atoms with Crippen LogP contribution in [-0.2, 0) is 5.41 Å². The van der Waals surface area contributed by atoms with Crippen molar-refractivity contribution >= 4 is 0 Å². The van der Waals surface area contributed by atoms with E-state index < -0.39 is 5.41 Å². The van der Waals surface area contributed by atoms with E-state index in [-0.39, 0.29) is 0 Å². The van der Waals surface area contributed by atoms with Crippen LogP contribution in [0.1, 0.15) is 22.3 Å². The largest absolute Gasteiger partial charge is 0.449 e. The summed E-state index contributed by atoms with van der Waals surface area (Å²) in [5.74, 6) is 4.24. The van der Waals surface area contributed by atoms with E-state index in [9.17, 15) is 0 Å². The van der Waals surface area contributed by atoms with Crippen molar-refractivity contribution in [3.05, 3.63) is 247 Å². The zero-order chi connectivity index (χ0) is 41.7. The molecule has 0 bridgehead atoms. The lowest BCUT2D eigenvalue weighted by Gasteiger charge is -2.34. The highest BCUT2D eigenvalue weighted by molar-refractivity contribution is 5.92. The van der Waals surface area contributed by atoms with Crippen LogP contribution in [0.3, 0.4) is 0 Å². The maximum Gasteiger partial charge on any atom is 0.178 e. The fraction of sp³-hybridized carbons (Fsp3) is 0.0172. The molecule has 0 amide bonds. The molecule has 2 aliphatic rings. The molecule has 63 heavy (non-hydrogen) atoms. The van der Waals surface area contributed by atoms with Gasteiger partial charge in [-0.1, -0.05) is 188 Å². The first-order valence-corrected chi connectivity index (χ1v) is 21.2. The van der Waals surface area contributed by atoms with E-state index >= 15 is 0 Å². The third-order valence-electron chi connectivity index (χ3n) is 12.3. The zero-order valence-corrected chi connectivity index (χ0v) is 34.0. The first kappa shape index (κ1) is 36.4. The Labute approximate surface area is 365 Å². The molecule has 5 nitrogen and oxygen atoms in total. The predicted molar refractivity (Wildman–Crippen MR) is 251 cm³/mol. The minimum absolute atomic E-state index is 0.529. The summed E-state index contributed by atoms with van der Waals surface area (Å²) >= 11 is 0. The number of rotatable bonds is 7. The summed E-state index contributed by atoms with van der Waals surface area (Å²) in [4.78, 5) is 15.4. The fourth-order valence-corrected chi connectivity index (χ4v) is 9.40. The summed E-state index contributed by atoms with van der Waals surface area (Å²) in [5, 5.41) is 0. The Morgan fingerprint density at radius 2 is 0.762 bits per heavy atom. The molecule has 0 atom stereocenters. The molecule has 0 saturated heterocycles. The van der Waals surface area contributed by atoms with Crippen LogP contribution in [0.25, 0.3) is 67.5 Å². The highest BCUT2D eigenvalue weighted by atomic mass is 16.6. The van der Waals surface area contributed by atoms with Gasteiger partial charge in [-0.15, -0.1) is 0 Å². The lowest BCUT2D eigenvalue weighted by Crippen LogP contribution is -2.28. The summed E-state index contributed by atoms with van der Waals surface area (Å²) in [7, 11) is 0. The molecule has 1 aliphatic heterocycles. The van der Waals surface area contributed by atoms with E-state index in [2.05, 4.69) is 194 Å². The van der Waals surface area contributed by atoms with Gasteiger partial charge in [-0.3, -0.25) is 0 Å². The zero-order valence-electron chi connectivity index (χ0n) is 34.0. The summed E-state index contributed by atoms with van der Waals surface area (Å²) in [6.07, 6.45) is 0. The quantitative estimate of drug-likeness (QED) is 0.161. The normalized spacial score (nSPS) is 12.8. The van der Waals surface area contributed by atoms with Gasteiger partial charge >= 0.3 is 0 Å². The van der Waals surface area contributed by atoms with Crippen molar-refractivity contribution in [1.29, 1.82) is 0 Å². The van der Waals surface area contributed by atoms with Gasteiger partial charge in [0.1, 0.15) is 0 Å². The number of nitrogens with zero attached hydrogens (tertiary/aromatic N) is 3. The van der Waals surface area contributed by atoms with Crippen molar-refractivity contribution in [1.82, 2.24) is 15.0 Å². The maximum atomic E-state index is 6.95. The van der Waals surface area contributed by atoms with Crippen LogP contribution >= 0.6 is 0 Å². The lowest BCUT2D eigenvalue weighted by molar-refractivity contribution is 0.360. The Bertz CT molecular complexity index is 3190. The second kappa shape index (κ2) is 14.9. The number of fused-ring (bicyclic) bond motifs is 6. The molecule has 12 rings (SSSR count). The Kier molecular flexibility index (Phi) is 8.64. The highest BCUT2D eigenvalue weighted by Gasteiger charge is 2.48. The van der Waals surface area contributed by atoms with E-state index in [1.807, 2.05) is 30.3 Å². The number of aromatic nitrogens is 3. The van der Waals surface area contributed by atoms with E-state index in [0.29, 0.717) is 40.5 Å². The van der Waals surface area contributed by atoms with Crippen LogP contribution in [0.5, 0.6) is 23.0 Å². The van der Waals surface area contributed by atoms with Gasteiger partial charge in [0.15, 0.2) is 40.5 Å². The van der Waals surface area contributed by atoms with Crippen LogP contribution in [0.15, 0.2) is 224 Å². The molecule has 10 aromatic rings. The van der Waals surface area contributed by atoms with Crippen LogP contribution in [0.4, 0.5) is 0 Å². The molecule has 1 aromatic heterocycles. The molecule has 9 aromatic carbocycles. The predicted octanol–water partition coefficient (Wildman–Crippen LogP) is 14.5. The van der Waals surface area contributed by atoms with Gasteiger partial charge in [-0.25, -0.2) is 15.0 Å². The van der Waals surface area contributed by atoms with Crippen molar-refractivity contribution in [3.63, 3.8) is 0 Å². The molecule has 5 heteroatoms. The standard InChI is InChI=1S/C58H37N3O2/c1-5-17-38(18-6-1)40-21-15-23-42(35-40)55-59-56(43-24-16-22-41(36-43)39-19-7-2-8-20-39)61-57(60-55)44-31-33-50-52(37-44)62-51-34-32-49-53(54(51)63-50)47-29-13-14-30-48(47)58(49,45-25-9-3-10-26-45)46-27-11-4-12-28-46/h1-37H. The second-order valence-corrected chi connectivity index (χ2v) is 15.9. The summed E-state index contributed by atoms with van der Waals surface area (Å²) < 4.78 is 13.8. The van der Waals surface area contributed by atoms with Crippen LogP contribution in [0, 0.1) is 0 Å². The Balaban J connectivity index is 0.973. The SMILES string of the molecule is c1ccc(-c2cccc(-c3nc(-c4cccc(-c5ccccc5)c4)nc(-c4ccc5c(c4)Oc4ccc6c(c4O5)-c4ccccc4C6(c4ccccc4)c4ccccc4)n3)c2)cc1. The first-order valence-electron chi connectivity index (χ1n) is 21.2. The van der Waals surface area contributed by atoms with Gasteiger partial charge in [0.25, 0.3) is 0 Å². The van der Waals surface area contributed by atoms with Crippen molar-refractivity contribution in [2.45, 2.75) is 5.41 Å². The molecule has 0 N–H and O–H groups in total. The van der Waals surface area contributed by atoms with Gasteiger partial charge < -0.3 is 9.47 Å². The van der Waals surface area contributed by atoms with E-state index in [4.69, 9.17) is 24.4 Å². The molecule has 1 aliphatic carbocycles. The molecule has 2 heterocycles. The molecule has 0 radical (unpaired) electrons. The van der Waals surface area contributed by atoms with Gasteiger partial charge in [0.2, 0.25) is 0 Å². The van der Waals surface area contributed by atoms with Crippen molar-refractivity contribution in [2.75, 3.05) is 0 Å². The van der Waals surface area contributed by atoms with Gasteiger partial charge in [0, 0.05) is 22.3 Å². The van der Waals surface area contributed by atoms with Crippen LogP contribution in [0.2, 0.25) is 0 Å². The number of hydrogen-bond acceptors (Lipinski definition) is 5. The molecular weight excluding hydrogens is 771 g/mol. The molecule has 296 valence electrons. The summed E-state index contributed by atoms with van der Waals surface area (Å²) in [5.41, 5.74) is 13.3. The topological polar surface area (TPSA) is 57.1 Å². The first-order chi connectivity index (χ1) is 31.2. The summed E-state index contributed by atoms with van der Waals surface area (Å²) in [6.45, 7) is 0. The Hall–Kier alpha value is -8.41. The maximum absolute atomic E-state index is 6.95. The third kappa shape index (κ3) is 6.13. The minimum Gasteiger partial charge on any atom is -0.449 e. The fourth-order valence-electron chi connectivity index (χ4n) is 9.40. The van der Waals surface area contributed by atoms with E-state index in [1.165, 1.54) is 16.7 Å². The number of hydrogen-bond donors (Lipinski definition) is 0. The van der Waals surface area contributed by atoms with Crippen LogP contribution in [-0.4, -0.2) is 15.0 Å². The van der Waals surface area contributed by atoms with Crippen molar-refractivity contribution in [2.24, 2.45) is 0 Å². The van der Waals surface area contributed by atoms with Crippen molar-refractivity contribution < 1.29 is 9.47 Å². The monoisotopic (exact) mass is 807 g/mol. The molecule has 0 spiro atoms. The Morgan fingerprint density at radius 1 is 0.302 bits per heavy atom. The molecular formula is C58H37N3O2. The molecule has 0 saturated carbocycles. The van der Waals surface area contributed by atoms with Gasteiger partial charge in [0.05, 0.1) is 5.41 Å². The molecule has 0 fully saturated rings. The van der Waals surface area contributed by atoms with Crippen molar-refractivity contribution in [3.8, 4) is 90.5 Å². The highest BCUT2D eigenvalue weighted by Crippen LogP contribution is 2.62. The van der Waals surface area contributed by atoms with E-state index in [0.717, 1.165) is 55.6 Å².